The molecule has 0 radical (unpaired) electrons. The summed E-state index contributed by atoms with van der Waals surface area (Å²) < 4.78 is 48.0. The third-order valence-electron chi connectivity index (χ3n) is 3.89. The van der Waals surface area contributed by atoms with Gasteiger partial charge in [-0.05, 0) is 19.1 Å². The number of ether oxygens (including phenoxy) is 1. The number of nitrogens with zero attached hydrogens (tertiary/aromatic N) is 2. The Morgan fingerprint density at radius 2 is 1.97 bits per heavy atom. The molecule has 11 heteroatoms. The monoisotopic (exact) mass is 425 g/mol. The van der Waals surface area contributed by atoms with Crippen molar-refractivity contribution in [2.24, 2.45) is 0 Å². The highest BCUT2D eigenvalue weighted by atomic mass is 35.5. The van der Waals surface area contributed by atoms with E-state index in [1.165, 1.54) is 6.92 Å². The van der Waals surface area contributed by atoms with Crippen molar-refractivity contribution < 1.29 is 27.5 Å². The van der Waals surface area contributed by atoms with Crippen LogP contribution in [0.1, 0.15) is 17.3 Å². The summed E-state index contributed by atoms with van der Waals surface area (Å²) in [6.07, 6.45) is 1.10. The number of benzene rings is 1. The minimum absolute atomic E-state index is 0.0537. The van der Waals surface area contributed by atoms with E-state index in [4.69, 9.17) is 16.3 Å². The number of aromatic nitrogens is 2. The highest BCUT2D eigenvalue weighted by Gasteiger charge is 2.22. The number of carbonyl (C=O) groups is 2. The summed E-state index contributed by atoms with van der Waals surface area (Å²) in [5.41, 5.74) is -2.50. The van der Waals surface area contributed by atoms with Gasteiger partial charge in [0.05, 0.1) is 23.4 Å². The minimum atomic E-state index is -1.11. The minimum Gasteiger partial charge on any atom is -0.462 e. The molecule has 0 unspecified atom stereocenters. The molecule has 1 amide bonds. The summed E-state index contributed by atoms with van der Waals surface area (Å²) in [5, 5.41) is 1.06. The quantitative estimate of drug-likeness (QED) is 0.385. The van der Waals surface area contributed by atoms with Gasteiger partial charge in [-0.25, -0.2) is 22.9 Å². The van der Waals surface area contributed by atoms with Gasteiger partial charge in [-0.3, -0.25) is 14.2 Å². The van der Waals surface area contributed by atoms with Crippen LogP contribution in [0, 0.1) is 17.5 Å². The van der Waals surface area contributed by atoms with Crippen LogP contribution in [0.2, 0.25) is 5.15 Å². The Bertz CT molecular complexity index is 1210. The second-order valence-electron chi connectivity index (χ2n) is 5.64. The Labute approximate surface area is 165 Å². The normalized spacial score (nSPS) is 10.8. The molecule has 0 atom stereocenters. The molecule has 0 bridgehead atoms. The Kier molecular flexibility index (Phi) is 5.55. The molecule has 3 rings (SSSR count). The zero-order chi connectivity index (χ0) is 21.3. The van der Waals surface area contributed by atoms with Gasteiger partial charge in [-0.1, -0.05) is 11.6 Å². The first-order chi connectivity index (χ1) is 13.8. The number of carbonyl (C=O) groups excluding carboxylic acids is 2. The van der Waals surface area contributed by atoms with Crippen LogP contribution in [0.3, 0.4) is 0 Å². The van der Waals surface area contributed by atoms with Crippen molar-refractivity contribution in [3.63, 3.8) is 0 Å². The van der Waals surface area contributed by atoms with Crippen LogP contribution in [0.25, 0.3) is 16.7 Å². The maximum Gasteiger partial charge on any atom is 0.343 e. The lowest BCUT2D eigenvalue weighted by molar-refractivity contribution is -0.105. The van der Waals surface area contributed by atoms with E-state index in [-0.39, 0.29) is 35.4 Å². The van der Waals surface area contributed by atoms with Crippen molar-refractivity contribution in [1.29, 1.82) is 0 Å². The molecule has 0 saturated heterocycles. The number of esters is 1. The van der Waals surface area contributed by atoms with E-state index in [1.54, 1.807) is 0 Å². The van der Waals surface area contributed by atoms with Crippen molar-refractivity contribution in [2.75, 3.05) is 11.9 Å². The number of rotatable bonds is 5. The number of anilines is 1. The van der Waals surface area contributed by atoms with E-state index < -0.39 is 39.6 Å². The van der Waals surface area contributed by atoms with Crippen molar-refractivity contribution in [3.05, 3.63) is 62.8 Å². The van der Waals surface area contributed by atoms with E-state index in [0.29, 0.717) is 6.07 Å². The number of hydrogen-bond acceptors (Lipinski definition) is 5. The Hall–Kier alpha value is -3.40. The second-order valence-corrected chi connectivity index (χ2v) is 6.00. The van der Waals surface area contributed by atoms with Crippen LogP contribution >= 0.6 is 11.6 Å². The molecular formula is C18H11ClF3N3O4. The van der Waals surface area contributed by atoms with Crippen molar-refractivity contribution in [1.82, 2.24) is 9.55 Å². The third-order valence-corrected chi connectivity index (χ3v) is 4.16. The molecule has 3 aromatic rings. The summed E-state index contributed by atoms with van der Waals surface area (Å²) >= 11 is 5.69. The van der Waals surface area contributed by atoms with Crippen LogP contribution in [-0.2, 0) is 9.53 Å². The second kappa shape index (κ2) is 7.92. The first-order valence-corrected chi connectivity index (χ1v) is 8.44. The lowest BCUT2D eigenvalue weighted by atomic mass is 10.1. The van der Waals surface area contributed by atoms with Crippen LogP contribution in [-0.4, -0.2) is 28.5 Å². The molecule has 2 heterocycles. The molecule has 1 N–H and O–H groups in total. The molecule has 7 nitrogen and oxygen atoms in total. The molecule has 1 aromatic carbocycles. The first kappa shape index (κ1) is 20.3. The predicted octanol–water partition coefficient (Wildman–Crippen LogP) is 3.20. The molecule has 0 spiro atoms. The maximum atomic E-state index is 14.5. The lowest BCUT2D eigenvalue weighted by Gasteiger charge is -2.15. The maximum absolute atomic E-state index is 14.5. The SMILES string of the molecule is CCOC(=O)c1cn(-c2cc(NC=O)c(F)cc2F)c2nc(Cl)c(F)cc2c1=O. The van der Waals surface area contributed by atoms with E-state index in [0.717, 1.165) is 22.9 Å². The van der Waals surface area contributed by atoms with Crippen molar-refractivity contribution in [2.45, 2.75) is 6.92 Å². The van der Waals surface area contributed by atoms with Gasteiger partial charge in [-0.2, -0.15) is 0 Å². The largest absolute Gasteiger partial charge is 0.462 e. The van der Waals surface area contributed by atoms with Crippen LogP contribution in [0.4, 0.5) is 18.9 Å². The van der Waals surface area contributed by atoms with Crippen molar-refractivity contribution in [3.8, 4) is 5.69 Å². The smallest absolute Gasteiger partial charge is 0.343 e. The number of hydrogen-bond donors (Lipinski definition) is 1. The molecule has 0 aliphatic heterocycles. The topological polar surface area (TPSA) is 90.3 Å². The van der Waals surface area contributed by atoms with Gasteiger partial charge in [0, 0.05) is 12.3 Å². The van der Waals surface area contributed by atoms with Crippen LogP contribution in [0.15, 0.2) is 29.2 Å². The average Bonchev–Trinajstić information content (AvgIpc) is 2.66. The third kappa shape index (κ3) is 3.66. The molecule has 29 heavy (non-hydrogen) atoms. The summed E-state index contributed by atoms with van der Waals surface area (Å²) in [4.78, 5) is 39.2. The van der Waals surface area contributed by atoms with Gasteiger partial charge in [0.2, 0.25) is 11.8 Å². The molecule has 0 saturated carbocycles. The van der Waals surface area contributed by atoms with E-state index in [2.05, 4.69) is 10.3 Å². The fourth-order valence-corrected chi connectivity index (χ4v) is 2.77. The zero-order valence-corrected chi connectivity index (χ0v) is 15.4. The molecule has 2 aromatic heterocycles. The fourth-order valence-electron chi connectivity index (χ4n) is 2.64. The van der Waals surface area contributed by atoms with E-state index >= 15 is 0 Å². The van der Waals surface area contributed by atoms with Crippen LogP contribution in [0.5, 0.6) is 0 Å². The summed E-state index contributed by atoms with van der Waals surface area (Å²) in [5.74, 6) is -4.24. The first-order valence-electron chi connectivity index (χ1n) is 8.06. The van der Waals surface area contributed by atoms with Gasteiger partial charge in [0.15, 0.2) is 16.6 Å². The Balaban J connectivity index is 2.43. The fraction of sp³-hybridized carbons (Fsp3) is 0.111. The number of pyridine rings is 2. The van der Waals surface area contributed by atoms with Crippen LogP contribution < -0.4 is 10.7 Å². The van der Waals surface area contributed by atoms with Gasteiger partial charge in [-0.15, -0.1) is 0 Å². The number of halogens is 4. The highest BCUT2D eigenvalue weighted by Crippen LogP contribution is 2.26. The van der Waals surface area contributed by atoms with Gasteiger partial charge < -0.3 is 10.1 Å². The molecular weight excluding hydrogens is 415 g/mol. The van der Waals surface area contributed by atoms with Crippen molar-refractivity contribution >= 4 is 40.7 Å². The average molecular weight is 426 g/mol. The predicted molar refractivity (Wildman–Crippen MR) is 97.9 cm³/mol. The standard InChI is InChI=1S/C18H11ClF3N3O4/c1-2-29-18(28)9-6-25(14-5-13(23-7-26)10(20)4-11(14)21)17-8(15(9)27)3-12(22)16(19)24-17/h3-7H,2H2,1H3,(H,23,26). The number of fused-ring (bicyclic) bond motifs is 1. The summed E-state index contributed by atoms with van der Waals surface area (Å²) in [6, 6.07) is 2.15. The summed E-state index contributed by atoms with van der Waals surface area (Å²) in [7, 11) is 0. The van der Waals surface area contributed by atoms with Gasteiger partial charge in [0.1, 0.15) is 17.2 Å². The van der Waals surface area contributed by atoms with E-state index in [1.807, 2.05) is 0 Å². The Morgan fingerprint density at radius 1 is 1.24 bits per heavy atom. The van der Waals surface area contributed by atoms with Gasteiger partial charge in [0.25, 0.3) is 0 Å². The van der Waals surface area contributed by atoms with Gasteiger partial charge >= 0.3 is 5.97 Å². The molecule has 0 aliphatic carbocycles. The zero-order valence-electron chi connectivity index (χ0n) is 14.6. The Morgan fingerprint density at radius 3 is 2.62 bits per heavy atom. The number of nitrogens with one attached hydrogen (secondary N) is 1. The molecule has 0 fully saturated rings. The number of amides is 1. The summed E-state index contributed by atoms with van der Waals surface area (Å²) in [6.45, 7) is 1.46. The highest BCUT2D eigenvalue weighted by molar-refractivity contribution is 6.29. The lowest BCUT2D eigenvalue weighted by Crippen LogP contribution is -2.21. The molecule has 150 valence electrons. The van der Waals surface area contributed by atoms with E-state index in [9.17, 15) is 27.6 Å². The molecule has 0 aliphatic rings.